The molecule has 0 aromatic carbocycles. The predicted molar refractivity (Wildman–Crippen MR) is 111 cm³/mol. The Morgan fingerprint density at radius 2 is 2.21 bits per heavy atom. The minimum atomic E-state index is -0.324. The van der Waals surface area contributed by atoms with Crippen LogP contribution in [0.15, 0.2) is 17.7 Å². The van der Waals surface area contributed by atoms with Gasteiger partial charge in [-0.15, -0.1) is 11.3 Å². The van der Waals surface area contributed by atoms with E-state index in [2.05, 4.69) is 31.3 Å². The van der Waals surface area contributed by atoms with Crippen LogP contribution in [0.25, 0.3) is 11.2 Å². The SMILES string of the molecule is CC[C@@H](Sc1ncnc2nc[nH]c12)C(=O)Nc1sc2c(c1C#N)CCCCC2. The predicted octanol–water partition coefficient (Wildman–Crippen LogP) is 4.06. The highest BCUT2D eigenvalue weighted by molar-refractivity contribution is 8.00. The number of amides is 1. The summed E-state index contributed by atoms with van der Waals surface area (Å²) in [6.07, 6.45) is 9.04. The van der Waals surface area contributed by atoms with E-state index in [1.807, 2.05) is 6.92 Å². The lowest BCUT2D eigenvalue weighted by Crippen LogP contribution is -2.24. The quantitative estimate of drug-likeness (QED) is 0.372. The number of H-pyrrole nitrogens is 1. The number of aryl methyl sites for hydroxylation is 1. The van der Waals surface area contributed by atoms with Crippen molar-refractivity contribution in [2.24, 2.45) is 0 Å². The summed E-state index contributed by atoms with van der Waals surface area (Å²) in [6, 6.07) is 2.32. The Bertz CT molecular complexity index is 1050. The number of nitrogens with zero attached hydrogens (tertiary/aromatic N) is 4. The summed E-state index contributed by atoms with van der Waals surface area (Å²) >= 11 is 2.95. The van der Waals surface area contributed by atoms with Gasteiger partial charge in [0, 0.05) is 4.88 Å². The van der Waals surface area contributed by atoms with Gasteiger partial charge in [-0.25, -0.2) is 15.0 Å². The zero-order valence-electron chi connectivity index (χ0n) is 15.5. The van der Waals surface area contributed by atoms with Crippen LogP contribution in [0, 0.1) is 11.3 Å². The number of hydrogen-bond acceptors (Lipinski definition) is 7. The van der Waals surface area contributed by atoms with E-state index in [0.717, 1.165) is 36.8 Å². The molecule has 7 nitrogen and oxygen atoms in total. The standard InChI is InChI=1S/C19H20N6OS2/c1-2-13(27-19-15-16(22-9-21-15)23-10-24-19)17(26)25-18-12(8-20)11-6-4-3-5-7-14(11)28-18/h9-10,13H,2-7H2,1H3,(H,25,26)(H,21,22,23,24)/t13-/m1/s1. The first-order valence-corrected chi connectivity index (χ1v) is 11.1. The Hall–Kier alpha value is -2.44. The van der Waals surface area contributed by atoms with E-state index in [9.17, 15) is 10.1 Å². The number of aromatic nitrogens is 4. The zero-order valence-corrected chi connectivity index (χ0v) is 17.1. The van der Waals surface area contributed by atoms with E-state index in [1.54, 1.807) is 17.7 Å². The monoisotopic (exact) mass is 412 g/mol. The number of nitriles is 1. The van der Waals surface area contributed by atoms with Gasteiger partial charge in [-0.3, -0.25) is 4.79 Å². The molecule has 3 aromatic rings. The molecule has 0 saturated heterocycles. The highest BCUT2D eigenvalue weighted by atomic mass is 32.2. The van der Waals surface area contributed by atoms with Crippen LogP contribution >= 0.6 is 23.1 Å². The molecule has 0 aliphatic heterocycles. The second kappa shape index (κ2) is 8.29. The van der Waals surface area contributed by atoms with Crippen molar-refractivity contribution in [1.29, 1.82) is 5.26 Å². The van der Waals surface area contributed by atoms with Crippen molar-refractivity contribution in [2.75, 3.05) is 5.32 Å². The number of hydrogen-bond donors (Lipinski definition) is 2. The number of carbonyl (C=O) groups excluding carboxylic acids is 1. The fourth-order valence-corrected chi connectivity index (χ4v) is 5.65. The molecule has 0 fully saturated rings. The van der Waals surface area contributed by atoms with Crippen LogP contribution in [0.4, 0.5) is 5.00 Å². The van der Waals surface area contributed by atoms with Crippen LogP contribution in [-0.4, -0.2) is 31.1 Å². The van der Waals surface area contributed by atoms with Gasteiger partial charge in [0.1, 0.15) is 27.9 Å². The number of anilines is 1. The van der Waals surface area contributed by atoms with Crippen molar-refractivity contribution in [1.82, 2.24) is 19.9 Å². The highest BCUT2D eigenvalue weighted by Gasteiger charge is 2.25. The van der Waals surface area contributed by atoms with Gasteiger partial charge in [-0.2, -0.15) is 5.26 Å². The van der Waals surface area contributed by atoms with Crippen molar-refractivity contribution < 1.29 is 4.79 Å². The van der Waals surface area contributed by atoms with Gasteiger partial charge in [0.15, 0.2) is 5.65 Å². The Balaban J connectivity index is 1.55. The summed E-state index contributed by atoms with van der Waals surface area (Å²) < 4.78 is 0. The van der Waals surface area contributed by atoms with E-state index in [1.165, 1.54) is 29.4 Å². The maximum atomic E-state index is 13.0. The van der Waals surface area contributed by atoms with Crippen LogP contribution in [0.2, 0.25) is 0 Å². The van der Waals surface area contributed by atoms with Gasteiger partial charge in [0.25, 0.3) is 0 Å². The smallest absolute Gasteiger partial charge is 0.238 e. The van der Waals surface area contributed by atoms with Crippen molar-refractivity contribution in [3.05, 3.63) is 28.7 Å². The Labute approximate surface area is 171 Å². The van der Waals surface area contributed by atoms with Gasteiger partial charge < -0.3 is 10.3 Å². The lowest BCUT2D eigenvalue weighted by atomic mass is 10.1. The molecule has 4 rings (SSSR count). The minimum Gasteiger partial charge on any atom is -0.341 e. The van der Waals surface area contributed by atoms with Crippen LogP contribution in [0.5, 0.6) is 0 Å². The van der Waals surface area contributed by atoms with Crippen LogP contribution in [-0.2, 0) is 17.6 Å². The third-order valence-corrected chi connectivity index (χ3v) is 7.45. The van der Waals surface area contributed by atoms with E-state index in [-0.39, 0.29) is 11.2 Å². The fourth-order valence-electron chi connectivity index (χ4n) is 3.43. The van der Waals surface area contributed by atoms with Crippen LogP contribution < -0.4 is 5.32 Å². The van der Waals surface area contributed by atoms with Crippen molar-refractivity contribution in [3.63, 3.8) is 0 Å². The number of carbonyl (C=O) groups is 1. The molecule has 0 bridgehead atoms. The molecule has 0 radical (unpaired) electrons. The Morgan fingerprint density at radius 1 is 1.36 bits per heavy atom. The molecule has 28 heavy (non-hydrogen) atoms. The molecular formula is C19H20N6OS2. The fraction of sp³-hybridized carbons (Fsp3) is 0.421. The molecule has 1 aliphatic carbocycles. The van der Waals surface area contributed by atoms with E-state index in [0.29, 0.717) is 27.7 Å². The molecule has 1 amide bonds. The third-order valence-electron chi connectivity index (χ3n) is 4.88. The molecule has 3 heterocycles. The van der Waals surface area contributed by atoms with Crippen LogP contribution in [0.3, 0.4) is 0 Å². The van der Waals surface area contributed by atoms with Gasteiger partial charge >= 0.3 is 0 Å². The zero-order chi connectivity index (χ0) is 19.5. The van der Waals surface area contributed by atoms with Crippen molar-refractivity contribution in [3.8, 4) is 6.07 Å². The van der Waals surface area contributed by atoms with Gasteiger partial charge in [-0.1, -0.05) is 25.1 Å². The minimum absolute atomic E-state index is 0.105. The maximum Gasteiger partial charge on any atom is 0.238 e. The van der Waals surface area contributed by atoms with E-state index < -0.39 is 0 Å². The second-order valence-corrected chi connectivity index (χ2v) is 8.96. The normalized spacial score (nSPS) is 14.9. The van der Waals surface area contributed by atoms with Gasteiger partial charge in [0.05, 0.1) is 17.1 Å². The molecule has 0 spiro atoms. The molecule has 3 aromatic heterocycles. The van der Waals surface area contributed by atoms with Crippen molar-refractivity contribution >= 4 is 45.2 Å². The molecule has 1 atom stereocenters. The van der Waals surface area contributed by atoms with Gasteiger partial charge in [0.2, 0.25) is 5.91 Å². The average Bonchev–Trinajstić information content (AvgIpc) is 3.24. The third kappa shape index (κ3) is 3.62. The molecule has 1 aliphatic rings. The molecule has 9 heteroatoms. The summed E-state index contributed by atoms with van der Waals surface area (Å²) in [7, 11) is 0. The highest BCUT2D eigenvalue weighted by Crippen LogP contribution is 2.38. The van der Waals surface area contributed by atoms with E-state index in [4.69, 9.17) is 0 Å². The average molecular weight is 413 g/mol. The summed E-state index contributed by atoms with van der Waals surface area (Å²) in [5.41, 5.74) is 3.10. The largest absolute Gasteiger partial charge is 0.341 e. The number of fused-ring (bicyclic) bond motifs is 2. The number of thiophene rings is 1. The molecule has 0 saturated carbocycles. The summed E-state index contributed by atoms with van der Waals surface area (Å²) in [5, 5.41) is 13.7. The maximum absolute atomic E-state index is 13.0. The summed E-state index contributed by atoms with van der Waals surface area (Å²) in [5.74, 6) is -0.105. The summed E-state index contributed by atoms with van der Waals surface area (Å²) in [4.78, 5) is 29.8. The summed E-state index contributed by atoms with van der Waals surface area (Å²) in [6.45, 7) is 1.97. The van der Waals surface area contributed by atoms with E-state index >= 15 is 0 Å². The lowest BCUT2D eigenvalue weighted by Gasteiger charge is -2.14. The molecular weight excluding hydrogens is 392 g/mol. The molecule has 2 N–H and O–H groups in total. The molecule has 144 valence electrons. The lowest BCUT2D eigenvalue weighted by molar-refractivity contribution is -0.115. The van der Waals surface area contributed by atoms with Gasteiger partial charge in [-0.05, 0) is 37.7 Å². The number of rotatable bonds is 5. The van der Waals surface area contributed by atoms with Crippen molar-refractivity contribution in [2.45, 2.75) is 55.7 Å². The first-order chi connectivity index (χ1) is 13.7. The van der Waals surface area contributed by atoms with Crippen LogP contribution in [0.1, 0.15) is 48.6 Å². The number of imidazole rings is 1. The second-order valence-electron chi connectivity index (χ2n) is 6.66. The first-order valence-electron chi connectivity index (χ1n) is 9.37. The number of thioether (sulfide) groups is 1. The number of nitrogens with one attached hydrogen (secondary N) is 2. The number of aromatic amines is 1. The molecule has 0 unspecified atom stereocenters. The topological polar surface area (TPSA) is 107 Å². The Kier molecular flexibility index (Phi) is 5.59. The first kappa shape index (κ1) is 18.9. The Morgan fingerprint density at radius 3 is 3.04 bits per heavy atom.